The van der Waals surface area contributed by atoms with Crippen LogP contribution in [0.25, 0.3) is 0 Å². The molecule has 0 spiro atoms. The van der Waals surface area contributed by atoms with Crippen LogP contribution in [-0.4, -0.2) is 55.3 Å². The number of hydrogen-bond donors (Lipinski definition) is 0. The van der Waals surface area contributed by atoms with Gasteiger partial charge in [0.05, 0.1) is 18.4 Å². The van der Waals surface area contributed by atoms with Crippen LogP contribution in [0, 0.1) is 5.82 Å². The Labute approximate surface area is 168 Å². The van der Waals surface area contributed by atoms with Gasteiger partial charge in [0, 0.05) is 31.1 Å². The lowest BCUT2D eigenvalue weighted by Crippen LogP contribution is -2.49. The molecule has 0 bridgehead atoms. The molecule has 7 heteroatoms. The predicted octanol–water partition coefficient (Wildman–Crippen LogP) is 3.44. The lowest BCUT2D eigenvalue weighted by atomic mass is 10.1. The van der Waals surface area contributed by atoms with Crippen LogP contribution in [0.1, 0.15) is 17.3 Å². The van der Waals surface area contributed by atoms with E-state index in [0.717, 1.165) is 4.90 Å². The first-order valence-corrected chi connectivity index (χ1v) is 10.0. The number of ether oxygens (including phenoxy) is 1. The number of piperazine rings is 1. The number of hydrogen-bond acceptors (Lipinski definition) is 5. The van der Waals surface area contributed by atoms with Crippen LogP contribution in [0.4, 0.5) is 10.1 Å². The summed E-state index contributed by atoms with van der Waals surface area (Å²) in [6, 6.07) is 14.0. The molecule has 1 aliphatic rings. The monoisotopic (exact) mass is 402 g/mol. The van der Waals surface area contributed by atoms with Gasteiger partial charge in [-0.25, -0.2) is 4.39 Å². The third-order valence-corrected chi connectivity index (χ3v) is 5.87. The molecule has 5 nitrogen and oxygen atoms in total. The van der Waals surface area contributed by atoms with E-state index in [2.05, 4.69) is 0 Å². The Morgan fingerprint density at radius 1 is 1.04 bits per heavy atom. The van der Waals surface area contributed by atoms with Crippen molar-refractivity contribution in [1.82, 2.24) is 4.90 Å². The Bertz CT molecular complexity index is 853. The molecule has 1 aliphatic heterocycles. The highest BCUT2D eigenvalue weighted by molar-refractivity contribution is 8.00. The number of nitrogens with zero attached hydrogens (tertiary/aromatic N) is 2. The average Bonchev–Trinajstić information content (AvgIpc) is 2.73. The summed E-state index contributed by atoms with van der Waals surface area (Å²) in [4.78, 5) is 29.3. The molecule has 0 N–H and O–H groups in total. The van der Waals surface area contributed by atoms with Crippen molar-refractivity contribution in [2.24, 2.45) is 0 Å². The summed E-state index contributed by atoms with van der Waals surface area (Å²) in [6.07, 6.45) is 0. The van der Waals surface area contributed by atoms with Crippen molar-refractivity contribution in [3.8, 4) is 0 Å². The van der Waals surface area contributed by atoms with E-state index in [1.807, 2.05) is 29.2 Å². The summed E-state index contributed by atoms with van der Waals surface area (Å²) in [5.41, 5.74) is 1.14. The van der Waals surface area contributed by atoms with Crippen LogP contribution in [0.3, 0.4) is 0 Å². The molecule has 2 aromatic rings. The van der Waals surface area contributed by atoms with Crippen molar-refractivity contribution in [3.05, 3.63) is 59.9 Å². The summed E-state index contributed by atoms with van der Waals surface area (Å²) in [5, 5.41) is -0.406. The molecule has 1 amide bonds. The summed E-state index contributed by atoms with van der Waals surface area (Å²) >= 11 is 1.31. The number of carbonyl (C=O) groups is 2. The van der Waals surface area contributed by atoms with Gasteiger partial charge in [-0.1, -0.05) is 24.3 Å². The normalized spacial score (nSPS) is 15.2. The lowest BCUT2D eigenvalue weighted by molar-refractivity contribution is -0.139. The fraction of sp³-hybridized carbons (Fsp3) is 0.333. The van der Waals surface area contributed by atoms with E-state index in [1.54, 1.807) is 30.0 Å². The van der Waals surface area contributed by atoms with E-state index in [1.165, 1.54) is 24.9 Å². The quantitative estimate of drug-likeness (QED) is 0.566. The number of thioether (sulfide) groups is 1. The molecule has 1 atom stereocenters. The number of halogens is 1. The second-order valence-electron chi connectivity index (χ2n) is 6.51. The van der Waals surface area contributed by atoms with Crippen LogP contribution in [-0.2, 0) is 9.53 Å². The van der Waals surface area contributed by atoms with Gasteiger partial charge in [-0.3, -0.25) is 9.59 Å². The highest BCUT2D eigenvalue weighted by atomic mass is 32.2. The van der Waals surface area contributed by atoms with Gasteiger partial charge in [0.25, 0.3) is 5.91 Å². The topological polar surface area (TPSA) is 49.9 Å². The molecular weight excluding hydrogens is 379 g/mol. The summed E-state index contributed by atoms with van der Waals surface area (Å²) < 4.78 is 18.8. The van der Waals surface area contributed by atoms with Crippen molar-refractivity contribution in [3.63, 3.8) is 0 Å². The van der Waals surface area contributed by atoms with Gasteiger partial charge in [0.2, 0.25) is 0 Å². The van der Waals surface area contributed by atoms with Crippen molar-refractivity contribution in [2.45, 2.75) is 17.1 Å². The second kappa shape index (κ2) is 9.10. The van der Waals surface area contributed by atoms with Gasteiger partial charge in [-0.2, -0.15) is 0 Å². The fourth-order valence-electron chi connectivity index (χ4n) is 3.18. The SMILES string of the molecule is COC(=O)C(C)Sc1ccccc1C(=O)N1CCN(c2ccccc2F)CC1. The Morgan fingerprint density at radius 3 is 2.36 bits per heavy atom. The number of amides is 1. The Kier molecular flexibility index (Phi) is 6.57. The number of esters is 1. The number of carbonyl (C=O) groups excluding carboxylic acids is 2. The smallest absolute Gasteiger partial charge is 0.318 e. The van der Waals surface area contributed by atoms with E-state index in [0.29, 0.717) is 37.4 Å². The fourth-order valence-corrected chi connectivity index (χ4v) is 4.19. The molecule has 1 unspecified atom stereocenters. The lowest BCUT2D eigenvalue weighted by Gasteiger charge is -2.36. The van der Waals surface area contributed by atoms with Crippen LogP contribution >= 0.6 is 11.8 Å². The maximum atomic E-state index is 14.0. The second-order valence-corrected chi connectivity index (χ2v) is 7.89. The summed E-state index contributed by atoms with van der Waals surface area (Å²) in [5.74, 6) is -0.653. The molecule has 0 aromatic heterocycles. The van der Waals surface area contributed by atoms with Crippen LogP contribution < -0.4 is 4.90 Å². The van der Waals surface area contributed by atoms with E-state index >= 15 is 0 Å². The Hall–Kier alpha value is -2.54. The van der Waals surface area contributed by atoms with E-state index in [9.17, 15) is 14.0 Å². The highest BCUT2D eigenvalue weighted by Crippen LogP contribution is 2.29. The molecule has 1 fully saturated rings. The van der Waals surface area contributed by atoms with Gasteiger partial charge < -0.3 is 14.5 Å². The molecule has 0 saturated carbocycles. The molecule has 148 valence electrons. The maximum absolute atomic E-state index is 14.0. The first-order valence-electron chi connectivity index (χ1n) is 9.13. The number of anilines is 1. The van der Waals surface area contributed by atoms with Gasteiger partial charge in [-0.15, -0.1) is 11.8 Å². The molecule has 1 saturated heterocycles. The minimum Gasteiger partial charge on any atom is -0.468 e. The standard InChI is InChI=1S/C21H23FN2O3S/c1-15(21(26)27-2)28-19-10-6-3-7-16(19)20(25)24-13-11-23(12-14-24)18-9-5-4-8-17(18)22/h3-10,15H,11-14H2,1-2H3. The van der Waals surface area contributed by atoms with Crippen LogP contribution in [0.15, 0.2) is 53.4 Å². The molecule has 28 heavy (non-hydrogen) atoms. The molecular formula is C21H23FN2O3S. The summed E-state index contributed by atoms with van der Waals surface area (Å²) in [7, 11) is 1.35. The van der Waals surface area contributed by atoms with Crippen LogP contribution in [0.5, 0.6) is 0 Å². The number of rotatable bonds is 5. The molecule has 1 heterocycles. The van der Waals surface area contributed by atoms with Crippen molar-refractivity contribution in [2.75, 3.05) is 38.2 Å². The van der Waals surface area contributed by atoms with E-state index < -0.39 is 5.25 Å². The molecule has 2 aromatic carbocycles. The number of methoxy groups -OCH3 is 1. The summed E-state index contributed by atoms with van der Waals surface area (Å²) in [6.45, 7) is 3.92. The molecule has 0 radical (unpaired) electrons. The highest BCUT2D eigenvalue weighted by Gasteiger charge is 2.26. The Balaban J connectivity index is 1.69. The first-order chi connectivity index (χ1) is 13.5. The minimum absolute atomic E-state index is 0.0756. The zero-order chi connectivity index (χ0) is 20.1. The maximum Gasteiger partial charge on any atom is 0.318 e. The minimum atomic E-state index is -0.406. The first kappa shape index (κ1) is 20.2. The van der Waals surface area contributed by atoms with Gasteiger partial charge >= 0.3 is 5.97 Å². The van der Waals surface area contributed by atoms with E-state index in [-0.39, 0.29) is 17.7 Å². The third kappa shape index (κ3) is 4.47. The van der Waals surface area contributed by atoms with Crippen molar-refractivity contribution in [1.29, 1.82) is 0 Å². The third-order valence-electron chi connectivity index (χ3n) is 4.71. The van der Waals surface area contributed by atoms with Gasteiger partial charge in [0.15, 0.2) is 0 Å². The molecule has 3 rings (SSSR count). The largest absolute Gasteiger partial charge is 0.468 e. The number of benzene rings is 2. The van der Waals surface area contributed by atoms with Crippen molar-refractivity contribution < 1.29 is 18.7 Å². The average molecular weight is 402 g/mol. The molecule has 0 aliphatic carbocycles. The zero-order valence-electron chi connectivity index (χ0n) is 15.9. The van der Waals surface area contributed by atoms with Crippen molar-refractivity contribution >= 4 is 29.3 Å². The predicted molar refractivity (Wildman–Crippen MR) is 108 cm³/mol. The van der Waals surface area contributed by atoms with Gasteiger partial charge in [0.1, 0.15) is 11.1 Å². The van der Waals surface area contributed by atoms with Gasteiger partial charge in [-0.05, 0) is 31.2 Å². The van der Waals surface area contributed by atoms with Crippen LogP contribution in [0.2, 0.25) is 0 Å². The zero-order valence-corrected chi connectivity index (χ0v) is 16.7. The Morgan fingerprint density at radius 2 is 1.68 bits per heavy atom. The number of para-hydroxylation sites is 1. The van der Waals surface area contributed by atoms with E-state index in [4.69, 9.17) is 4.74 Å².